The fourth-order valence-electron chi connectivity index (χ4n) is 1.32. The molecule has 0 saturated carbocycles. The van der Waals surface area contributed by atoms with E-state index in [1.807, 2.05) is 0 Å². The monoisotopic (exact) mass is 175 g/mol. The van der Waals surface area contributed by atoms with Crippen LogP contribution in [0, 0.1) is 5.92 Å². The van der Waals surface area contributed by atoms with Gasteiger partial charge in [-0.3, -0.25) is 10.1 Å². The predicted molar refractivity (Wildman–Crippen MR) is 40.6 cm³/mol. The summed E-state index contributed by atoms with van der Waals surface area (Å²) in [5, 5.41) is 29.8. The van der Waals surface area contributed by atoms with Crippen LogP contribution in [-0.4, -0.2) is 46.1 Å². The predicted octanol–water partition coefficient (Wildman–Crippen LogP) is -1.60. The second-order valence-corrected chi connectivity index (χ2v) is 3.14. The van der Waals surface area contributed by atoms with E-state index < -0.39 is 30.1 Å². The van der Waals surface area contributed by atoms with Crippen molar-refractivity contribution in [3.8, 4) is 0 Å². The highest BCUT2D eigenvalue weighted by Gasteiger charge is 2.38. The minimum Gasteiger partial charge on any atom is -0.480 e. The zero-order chi connectivity index (χ0) is 9.30. The second-order valence-electron chi connectivity index (χ2n) is 3.14. The Morgan fingerprint density at radius 3 is 2.58 bits per heavy atom. The first-order valence-electron chi connectivity index (χ1n) is 3.86. The SMILES string of the molecule is C[C@H]1[C@@H](O)[C@@H](C(=O)O)NC[C@@H]1O. The molecule has 0 aromatic carbocycles. The minimum absolute atomic E-state index is 0.217. The average Bonchev–Trinajstić information content (AvgIpc) is 2.00. The van der Waals surface area contributed by atoms with E-state index in [1.54, 1.807) is 6.92 Å². The van der Waals surface area contributed by atoms with Crippen molar-refractivity contribution in [2.45, 2.75) is 25.2 Å². The lowest BCUT2D eigenvalue weighted by atomic mass is 9.89. The fourth-order valence-corrected chi connectivity index (χ4v) is 1.32. The Morgan fingerprint density at radius 1 is 1.50 bits per heavy atom. The summed E-state index contributed by atoms with van der Waals surface area (Å²) in [7, 11) is 0. The zero-order valence-corrected chi connectivity index (χ0v) is 6.77. The third-order valence-corrected chi connectivity index (χ3v) is 2.30. The first-order chi connectivity index (χ1) is 5.54. The summed E-state index contributed by atoms with van der Waals surface area (Å²) >= 11 is 0. The van der Waals surface area contributed by atoms with E-state index in [-0.39, 0.29) is 6.54 Å². The van der Waals surface area contributed by atoms with Gasteiger partial charge in [-0.2, -0.15) is 0 Å². The molecule has 5 nitrogen and oxygen atoms in total. The number of aliphatic hydroxyl groups is 2. The number of aliphatic carboxylic acids is 1. The normalized spacial score (nSPS) is 42.6. The van der Waals surface area contributed by atoms with E-state index >= 15 is 0 Å². The minimum atomic E-state index is -1.08. The molecular weight excluding hydrogens is 162 g/mol. The van der Waals surface area contributed by atoms with Crippen molar-refractivity contribution in [2.24, 2.45) is 5.92 Å². The van der Waals surface area contributed by atoms with Crippen LogP contribution >= 0.6 is 0 Å². The Hall–Kier alpha value is -0.650. The number of rotatable bonds is 1. The lowest BCUT2D eigenvalue weighted by molar-refractivity contribution is -0.147. The summed E-state index contributed by atoms with van der Waals surface area (Å²) in [6.07, 6.45) is -1.69. The Labute approximate surface area is 70.0 Å². The van der Waals surface area contributed by atoms with Gasteiger partial charge in [0.25, 0.3) is 0 Å². The van der Waals surface area contributed by atoms with Crippen molar-refractivity contribution in [3.63, 3.8) is 0 Å². The van der Waals surface area contributed by atoms with Gasteiger partial charge >= 0.3 is 5.97 Å². The molecule has 4 N–H and O–H groups in total. The standard InChI is InChI=1S/C7H13NO4/c1-3-4(9)2-8-5(6(3)10)7(11)12/h3-6,8-10H,2H2,1H3,(H,11,12)/t3-,4+,5+,6-/m1/s1. The second kappa shape index (κ2) is 3.38. The number of carboxylic acids is 1. The Balaban J connectivity index is 2.65. The van der Waals surface area contributed by atoms with Crippen molar-refractivity contribution in [3.05, 3.63) is 0 Å². The van der Waals surface area contributed by atoms with E-state index in [0.29, 0.717) is 0 Å². The summed E-state index contributed by atoms with van der Waals surface area (Å²) in [4.78, 5) is 10.5. The summed E-state index contributed by atoms with van der Waals surface area (Å²) in [6.45, 7) is 1.85. The van der Waals surface area contributed by atoms with Gasteiger partial charge in [-0.05, 0) is 0 Å². The summed E-state index contributed by atoms with van der Waals surface area (Å²) in [5.41, 5.74) is 0. The van der Waals surface area contributed by atoms with Crippen LogP contribution in [0.2, 0.25) is 0 Å². The van der Waals surface area contributed by atoms with E-state index in [9.17, 15) is 15.0 Å². The van der Waals surface area contributed by atoms with Crippen LogP contribution in [0.1, 0.15) is 6.92 Å². The zero-order valence-electron chi connectivity index (χ0n) is 6.77. The van der Waals surface area contributed by atoms with Crippen molar-refractivity contribution in [2.75, 3.05) is 6.54 Å². The topological polar surface area (TPSA) is 89.8 Å². The maximum atomic E-state index is 10.5. The molecule has 1 saturated heterocycles. The van der Waals surface area contributed by atoms with Gasteiger partial charge in [0.1, 0.15) is 6.04 Å². The van der Waals surface area contributed by atoms with Gasteiger partial charge in [-0.25, -0.2) is 0 Å². The van der Waals surface area contributed by atoms with Crippen molar-refractivity contribution in [1.29, 1.82) is 0 Å². The number of nitrogens with one attached hydrogen (secondary N) is 1. The Morgan fingerprint density at radius 2 is 2.08 bits per heavy atom. The molecule has 1 aliphatic rings. The number of piperidine rings is 1. The molecule has 1 rings (SSSR count). The Bertz CT molecular complexity index is 184. The molecular formula is C7H13NO4. The number of hydrogen-bond acceptors (Lipinski definition) is 4. The van der Waals surface area contributed by atoms with Crippen molar-refractivity contribution < 1.29 is 20.1 Å². The molecule has 4 atom stereocenters. The number of carboxylic acid groups (broad SMARTS) is 1. The largest absolute Gasteiger partial charge is 0.480 e. The van der Waals surface area contributed by atoms with Crippen LogP contribution in [0.4, 0.5) is 0 Å². The van der Waals surface area contributed by atoms with Gasteiger partial charge in [-0.1, -0.05) is 6.92 Å². The molecule has 0 spiro atoms. The van der Waals surface area contributed by atoms with Gasteiger partial charge in [0.05, 0.1) is 12.2 Å². The Kier molecular flexibility index (Phi) is 2.66. The molecule has 0 aliphatic carbocycles. The molecule has 0 bridgehead atoms. The number of β-amino-alcohol motifs (C(OH)–C–C–N with tert-alkyl or cyclic N) is 1. The molecule has 5 heteroatoms. The van der Waals surface area contributed by atoms with Gasteiger partial charge in [0, 0.05) is 12.5 Å². The van der Waals surface area contributed by atoms with Crippen molar-refractivity contribution in [1.82, 2.24) is 5.32 Å². The smallest absolute Gasteiger partial charge is 0.323 e. The highest BCUT2D eigenvalue weighted by Crippen LogP contribution is 2.16. The third-order valence-electron chi connectivity index (χ3n) is 2.30. The van der Waals surface area contributed by atoms with Crippen LogP contribution in [0.3, 0.4) is 0 Å². The summed E-state index contributed by atoms with van der Waals surface area (Å²) in [6, 6.07) is -0.955. The van der Waals surface area contributed by atoms with Crippen LogP contribution in [0.25, 0.3) is 0 Å². The van der Waals surface area contributed by atoms with Crippen LogP contribution in [0.5, 0.6) is 0 Å². The highest BCUT2D eigenvalue weighted by atomic mass is 16.4. The number of carbonyl (C=O) groups is 1. The quantitative estimate of drug-likeness (QED) is 0.385. The maximum absolute atomic E-state index is 10.5. The lowest BCUT2D eigenvalue weighted by Crippen LogP contribution is -2.58. The van der Waals surface area contributed by atoms with Crippen molar-refractivity contribution >= 4 is 5.97 Å². The molecule has 0 aromatic rings. The van der Waals surface area contributed by atoms with Gasteiger partial charge in [0.15, 0.2) is 0 Å². The van der Waals surface area contributed by atoms with E-state index in [1.165, 1.54) is 0 Å². The van der Waals surface area contributed by atoms with Gasteiger partial charge in [-0.15, -0.1) is 0 Å². The van der Waals surface area contributed by atoms with Gasteiger partial charge in [0.2, 0.25) is 0 Å². The fraction of sp³-hybridized carbons (Fsp3) is 0.857. The first kappa shape index (κ1) is 9.44. The highest BCUT2D eigenvalue weighted by molar-refractivity contribution is 5.74. The molecule has 0 unspecified atom stereocenters. The number of aliphatic hydroxyl groups excluding tert-OH is 2. The van der Waals surface area contributed by atoms with E-state index in [0.717, 1.165) is 0 Å². The molecule has 1 aliphatic heterocycles. The molecule has 0 radical (unpaired) electrons. The van der Waals surface area contributed by atoms with E-state index in [2.05, 4.69) is 5.32 Å². The number of hydrogen-bond donors (Lipinski definition) is 4. The molecule has 70 valence electrons. The van der Waals surface area contributed by atoms with Crippen LogP contribution in [0.15, 0.2) is 0 Å². The van der Waals surface area contributed by atoms with Gasteiger partial charge < -0.3 is 15.3 Å². The summed E-state index contributed by atoms with van der Waals surface area (Å²) in [5.74, 6) is -1.48. The lowest BCUT2D eigenvalue weighted by Gasteiger charge is -2.34. The summed E-state index contributed by atoms with van der Waals surface area (Å²) < 4.78 is 0. The third kappa shape index (κ3) is 1.57. The van der Waals surface area contributed by atoms with Crippen LogP contribution < -0.4 is 5.32 Å². The molecule has 12 heavy (non-hydrogen) atoms. The molecule has 1 heterocycles. The first-order valence-corrected chi connectivity index (χ1v) is 3.86. The molecule has 0 aromatic heterocycles. The van der Waals surface area contributed by atoms with E-state index in [4.69, 9.17) is 5.11 Å². The molecule has 1 fully saturated rings. The van der Waals surface area contributed by atoms with Crippen LogP contribution in [-0.2, 0) is 4.79 Å². The maximum Gasteiger partial charge on any atom is 0.323 e. The molecule has 0 amide bonds. The average molecular weight is 175 g/mol.